The number of amides is 2. The van der Waals surface area contributed by atoms with Crippen molar-refractivity contribution in [3.05, 3.63) is 64.4 Å². The Labute approximate surface area is 155 Å². The first-order valence-electron chi connectivity index (χ1n) is 8.46. The van der Waals surface area contributed by atoms with E-state index in [9.17, 15) is 14.4 Å². The van der Waals surface area contributed by atoms with Crippen molar-refractivity contribution >= 4 is 34.1 Å². The van der Waals surface area contributed by atoms with Gasteiger partial charge in [0.2, 0.25) is 11.3 Å². The molecule has 0 saturated carbocycles. The van der Waals surface area contributed by atoms with Crippen molar-refractivity contribution in [2.75, 3.05) is 17.2 Å². The summed E-state index contributed by atoms with van der Waals surface area (Å²) >= 11 is 0. The van der Waals surface area contributed by atoms with E-state index in [4.69, 9.17) is 4.74 Å². The van der Waals surface area contributed by atoms with Crippen LogP contribution < -0.4 is 20.8 Å². The number of aromatic amines is 1. The van der Waals surface area contributed by atoms with Crippen molar-refractivity contribution < 1.29 is 14.3 Å². The van der Waals surface area contributed by atoms with Crippen LogP contribution in [0.2, 0.25) is 0 Å². The third-order valence-corrected chi connectivity index (χ3v) is 3.88. The van der Waals surface area contributed by atoms with Gasteiger partial charge in [0.05, 0.1) is 12.3 Å². The van der Waals surface area contributed by atoms with Crippen LogP contribution in [-0.2, 0) is 4.79 Å². The van der Waals surface area contributed by atoms with Crippen LogP contribution in [0.3, 0.4) is 0 Å². The van der Waals surface area contributed by atoms with Crippen LogP contribution in [0.5, 0.6) is 5.75 Å². The van der Waals surface area contributed by atoms with E-state index in [0.29, 0.717) is 34.6 Å². The molecule has 0 bridgehead atoms. The van der Waals surface area contributed by atoms with Gasteiger partial charge < -0.3 is 20.4 Å². The average molecular weight is 365 g/mol. The molecule has 7 heteroatoms. The highest BCUT2D eigenvalue weighted by atomic mass is 16.5. The molecule has 0 spiro atoms. The number of H-pyrrole nitrogens is 1. The van der Waals surface area contributed by atoms with Gasteiger partial charge in [0, 0.05) is 29.7 Å². The number of hydrogen-bond acceptors (Lipinski definition) is 4. The first-order chi connectivity index (χ1) is 13.0. The Morgan fingerprint density at radius 2 is 1.89 bits per heavy atom. The topological polar surface area (TPSA) is 100 Å². The Kier molecular flexibility index (Phi) is 5.21. The first kappa shape index (κ1) is 18.2. The van der Waals surface area contributed by atoms with Crippen LogP contribution in [-0.4, -0.2) is 23.4 Å². The molecule has 0 aliphatic rings. The maximum atomic E-state index is 12.7. The average Bonchev–Trinajstić information content (AvgIpc) is 2.64. The van der Waals surface area contributed by atoms with Crippen molar-refractivity contribution in [2.24, 2.45) is 0 Å². The molecule has 0 radical (unpaired) electrons. The van der Waals surface area contributed by atoms with Crippen LogP contribution in [0.25, 0.3) is 10.9 Å². The SMILES string of the molecule is CCOc1ccc(NC(C)=O)cc1NC(=O)c1c[nH]c2ccccc2c1=O. The van der Waals surface area contributed by atoms with Crippen molar-refractivity contribution in [1.29, 1.82) is 0 Å². The lowest BCUT2D eigenvalue weighted by molar-refractivity contribution is -0.114. The van der Waals surface area contributed by atoms with E-state index < -0.39 is 5.91 Å². The second kappa shape index (κ2) is 7.74. The molecule has 3 N–H and O–H groups in total. The Morgan fingerprint density at radius 3 is 2.63 bits per heavy atom. The number of pyridine rings is 1. The van der Waals surface area contributed by atoms with E-state index in [2.05, 4.69) is 15.6 Å². The van der Waals surface area contributed by atoms with E-state index in [0.717, 1.165) is 0 Å². The highest BCUT2D eigenvalue weighted by Crippen LogP contribution is 2.28. The summed E-state index contributed by atoms with van der Waals surface area (Å²) in [4.78, 5) is 39.5. The predicted molar refractivity (Wildman–Crippen MR) is 104 cm³/mol. The zero-order valence-electron chi connectivity index (χ0n) is 15.0. The van der Waals surface area contributed by atoms with Gasteiger partial charge in [0.15, 0.2) is 0 Å². The van der Waals surface area contributed by atoms with Crippen LogP contribution in [0, 0.1) is 0 Å². The van der Waals surface area contributed by atoms with Crippen LogP contribution in [0.4, 0.5) is 11.4 Å². The summed E-state index contributed by atoms with van der Waals surface area (Å²) in [6, 6.07) is 11.9. The highest BCUT2D eigenvalue weighted by Gasteiger charge is 2.16. The van der Waals surface area contributed by atoms with E-state index in [1.807, 2.05) is 6.92 Å². The monoisotopic (exact) mass is 365 g/mol. The minimum absolute atomic E-state index is 0.0129. The standard InChI is InChI=1S/C20H19N3O4/c1-3-27-18-9-8-13(22-12(2)24)10-17(18)23-20(26)15-11-21-16-7-5-4-6-14(16)19(15)25/h4-11H,3H2,1-2H3,(H,21,25)(H,22,24)(H,23,26). The van der Waals surface area contributed by atoms with Gasteiger partial charge in [-0.25, -0.2) is 0 Å². The number of fused-ring (bicyclic) bond motifs is 1. The summed E-state index contributed by atoms with van der Waals surface area (Å²) in [6.07, 6.45) is 1.39. The lowest BCUT2D eigenvalue weighted by Crippen LogP contribution is -2.22. The van der Waals surface area contributed by atoms with Gasteiger partial charge in [0.1, 0.15) is 11.3 Å². The largest absolute Gasteiger partial charge is 0.492 e. The molecule has 2 amide bonds. The number of rotatable bonds is 5. The van der Waals surface area contributed by atoms with Gasteiger partial charge in [-0.1, -0.05) is 12.1 Å². The Balaban J connectivity index is 1.96. The molecule has 2 aromatic carbocycles. The molecule has 0 unspecified atom stereocenters. The molecule has 7 nitrogen and oxygen atoms in total. The number of carbonyl (C=O) groups is 2. The molecule has 0 aliphatic heterocycles. The van der Waals surface area contributed by atoms with E-state index in [1.165, 1.54) is 13.1 Å². The summed E-state index contributed by atoms with van der Waals surface area (Å²) in [5, 5.41) is 5.78. The zero-order chi connectivity index (χ0) is 19.4. The van der Waals surface area contributed by atoms with Crippen LogP contribution in [0.1, 0.15) is 24.2 Å². The van der Waals surface area contributed by atoms with Gasteiger partial charge in [0.25, 0.3) is 5.91 Å². The molecule has 0 aliphatic carbocycles. The number of hydrogen-bond donors (Lipinski definition) is 3. The predicted octanol–water partition coefficient (Wildman–Crippen LogP) is 3.14. The summed E-state index contributed by atoms with van der Waals surface area (Å²) in [6.45, 7) is 3.61. The third kappa shape index (κ3) is 3.98. The molecular formula is C20H19N3O4. The minimum atomic E-state index is -0.567. The second-order valence-corrected chi connectivity index (χ2v) is 5.86. The molecule has 3 aromatic rings. The van der Waals surface area contributed by atoms with Crippen molar-refractivity contribution in [3.8, 4) is 5.75 Å². The number of nitrogens with one attached hydrogen (secondary N) is 3. The quantitative estimate of drug-likeness (QED) is 0.647. The molecule has 0 saturated heterocycles. The number of ether oxygens (including phenoxy) is 1. The van der Waals surface area contributed by atoms with Gasteiger partial charge >= 0.3 is 0 Å². The normalized spacial score (nSPS) is 10.4. The Hall–Kier alpha value is -3.61. The number of aromatic nitrogens is 1. The molecular weight excluding hydrogens is 346 g/mol. The van der Waals surface area contributed by atoms with Crippen molar-refractivity contribution in [3.63, 3.8) is 0 Å². The number of benzene rings is 2. The van der Waals surface area contributed by atoms with Gasteiger partial charge in [-0.3, -0.25) is 14.4 Å². The summed E-state index contributed by atoms with van der Waals surface area (Å²) in [7, 11) is 0. The fourth-order valence-electron chi connectivity index (χ4n) is 2.72. The summed E-state index contributed by atoms with van der Waals surface area (Å²) in [5.74, 6) is -0.359. The summed E-state index contributed by atoms with van der Waals surface area (Å²) in [5.41, 5.74) is 1.15. The van der Waals surface area contributed by atoms with Gasteiger partial charge in [-0.15, -0.1) is 0 Å². The second-order valence-electron chi connectivity index (χ2n) is 5.86. The van der Waals surface area contributed by atoms with E-state index in [1.54, 1.807) is 42.5 Å². The fraction of sp³-hybridized carbons (Fsp3) is 0.150. The lowest BCUT2D eigenvalue weighted by Gasteiger charge is -2.13. The van der Waals surface area contributed by atoms with E-state index >= 15 is 0 Å². The zero-order valence-corrected chi connectivity index (χ0v) is 15.0. The molecule has 3 rings (SSSR count). The molecule has 27 heavy (non-hydrogen) atoms. The lowest BCUT2D eigenvalue weighted by atomic mass is 10.1. The molecule has 0 atom stereocenters. The Bertz CT molecular complexity index is 1070. The number of anilines is 2. The van der Waals surface area contributed by atoms with Crippen molar-refractivity contribution in [2.45, 2.75) is 13.8 Å². The maximum absolute atomic E-state index is 12.7. The van der Waals surface area contributed by atoms with E-state index in [-0.39, 0.29) is 16.9 Å². The highest BCUT2D eigenvalue weighted by molar-refractivity contribution is 6.06. The molecule has 1 heterocycles. The molecule has 1 aromatic heterocycles. The number of para-hydroxylation sites is 1. The van der Waals surface area contributed by atoms with Crippen LogP contribution >= 0.6 is 0 Å². The minimum Gasteiger partial charge on any atom is -0.492 e. The smallest absolute Gasteiger partial charge is 0.261 e. The van der Waals surface area contributed by atoms with Gasteiger partial charge in [-0.2, -0.15) is 0 Å². The molecule has 138 valence electrons. The molecule has 0 fully saturated rings. The fourth-order valence-corrected chi connectivity index (χ4v) is 2.72. The first-order valence-corrected chi connectivity index (χ1v) is 8.46. The van der Waals surface area contributed by atoms with Gasteiger partial charge in [-0.05, 0) is 37.3 Å². The third-order valence-electron chi connectivity index (χ3n) is 3.88. The summed E-state index contributed by atoms with van der Waals surface area (Å²) < 4.78 is 5.52. The number of carbonyl (C=O) groups excluding carboxylic acids is 2. The van der Waals surface area contributed by atoms with Crippen LogP contribution in [0.15, 0.2) is 53.5 Å². The maximum Gasteiger partial charge on any atom is 0.261 e. The Morgan fingerprint density at radius 1 is 1.11 bits per heavy atom. The van der Waals surface area contributed by atoms with Crippen molar-refractivity contribution in [1.82, 2.24) is 4.98 Å².